The molecule has 1 unspecified atom stereocenters. The number of hydrogen-bond acceptors (Lipinski definition) is 9. The number of thiazole rings is 1. The van der Waals surface area contributed by atoms with Gasteiger partial charge in [0.2, 0.25) is 0 Å². The van der Waals surface area contributed by atoms with Crippen molar-refractivity contribution < 1.29 is 24.1 Å². The van der Waals surface area contributed by atoms with Crippen LogP contribution in [0.5, 0.6) is 0 Å². The van der Waals surface area contributed by atoms with Crippen LogP contribution in [0.3, 0.4) is 0 Å². The first kappa shape index (κ1) is 22.7. The molecule has 8 nitrogen and oxygen atoms in total. The number of hydrogen-bond donors (Lipinski definition) is 4. The highest BCUT2D eigenvalue weighted by Crippen LogP contribution is 2.28. The lowest BCUT2D eigenvalue weighted by Gasteiger charge is -2.42. The molecule has 4 rings (SSSR count). The normalized spacial score (nSPS) is 20.3. The van der Waals surface area contributed by atoms with Crippen LogP contribution < -0.4 is 10.2 Å². The van der Waals surface area contributed by atoms with Gasteiger partial charge in [0.25, 0.3) is 0 Å². The second-order valence-electron chi connectivity index (χ2n) is 7.95. The van der Waals surface area contributed by atoms with E-state index in [-0.39, 0.29) is 23.2 Å². The summed E-state index contributed by atoms with van der Waals surface area (Å²) in [5.41, 5.74) is 0.733. The quantitative estimate of drug-likeness (QED) is 0.411. The Bertz CT molecular complexity index is 1100. The first-order valence-corrected chi connectivity index (χ1v) is 11.1. The summed E-state index contributed by atoms with van der Waals surface area (Å²) in [6, 6.07) is 5.39. The lowest BCUT2D eigenvalue weighted by Crippen LogP contribution is -2.57. The van der Waals surface area contributed by atoms with Crippen molar-refractivity contribution in [2.75, 3.05) is 29.9 Å². The van der Waals surface area contributed by atoms with Gasteiger partial charge in [0.1, 0.15) is 11.9 Å². The monoisotopic (exact) mass is 465 g/mol. The standard InChI is InChI=1S/C21H25F2N5O3S/c1-11-10-27(21(31)26-20-25-16-8-14(22)3-4-17(16)32-20)5-6-28(11)19-15(23)7-13(9-24-19)18(30)12(2)29/h3-4,7-9,11-12,18,21,29-31H,5-6,10H2,1-2H3,(H,25,26)/t11-,12-,18+,21?/m1/s1. The third-order valence-corrected chi connectivity index (χ3v) is 6.49. The molecule has 4 N–H and O–H groups in total. The summed E-state index contributed by atoms with van der Waals surface area (Å²) in [5, 5.41) is 33.5. The molecule has 3 aromatic rings. The Balaban J connectivity index is 1.41. The molecule has 4 atom stereocenters. The molecule has 0 aliphatic carbocycles. The average molecular weight is 466 g/mol. The Morgan fingerprint density at radius 2 is 1.97 bits per heavy atom. The van der Waals surface area contributed by atoms with Crippen LogP contribution in [0, 0.1) is 11.6 Å². The summed E-state index contributed by atoms with van der Waals surface area (Å²) >= 11 is 1.32. The van der Waals surface area contributed by atoms with Gasteiger partial charge in [-0.25, -0.2) is 18.7 Å². The molecule has 0 saturated carbocycles. The van der Waals surface area contributed by atoms with Crippen LogP contribution in [0.1, 0.15) is 25.5 Å². The van der Waals surface area contributed by atoms with E-state index in [1.54, 1.807) is 15.9 Å². The van der Waals surface area contributed by atoms with Gasteiger partial charge in [0, 0.05) is 43.5 Å². The zero-order valence-corrected chi connectivity index (χ0v) is 18.4. The Morgan fingerprint density at radius 3 is 2.66 bits per heavy atom. The summed E-state index contributed by atoms with van der Waals surface area (Å²) < 4.78 is 28.9. The van der Waals surface area contributed by atoms with E-state index in [1.165, 1.54) is 42.7 Å². The molecule has 11 heteroatoms. The Kier molecular flexibility index (Phi) is 6.54. The van der Waals surface area contributed by atoms with E-state index in [9.17, 15) is 24.1 Å². The van der Waals surface area contributed by atoms with E-state index in [4.69, 9.17) is 0 Å². The zero-order chi connectivity index (χ0) is 23.0. The number of halogens is 2. The van der Waals surface area contributed by atoms with Crippen molar-refractivity contribution in [1.82, 2.24) is 14.9 Å². The number of fused-ring (bicyclic) bond motifs is 1. The predicted octanol–water partition coefficient (Wildman–Crippen LogP) is 2.28. The highest BCUT2D eigenvalue weighted by molar-refractivity contribution is 7.22. The summed E-state index contributed by atoms with van der Waals surface area (Å²) in [7, 11) is 0. The van der Waals surface area contributed by atoms with E-state index in [1.807, 2.05) is 6.92 Å². The van der Waals surface area contributed by atoms with Crippen LogP contribution in [-0.2, 0) is 0 Å². The second kappa shape index (κ2) is 9.20. The van der Waals surface area contributed by atoms with Crippen molar-refractivity contribution in [3.8, 4) is 0 Å². The van der Waals surface area contributed by atoms with E-state index >= 15 is 0 Å². The number of nitrogens with zero attached hydrogens (tertiary/aromatic N) is 4. The van der Waals surface area contributed by atoms with Gasteiger partial charge in [-0.15, -0.1) is 0 Å². The fraction of sp³-hybridized carbons (Fsp3) is 0.429. The lowest BCUT2D eigenvalue weighted by molar-refractivity contribution is 0.0145. The number of aromatic nitrogens is 2. The first-order chi connectivity index (χ1) is 15.2. The van der Waals surface area contributed by atoms with Gasteiger partial charge < -0.3 is 25.5 Å². The topological polar surface area (TPSA) is 105 Å². The van der Waals surface area contributed by atoms with E-state index in [2.05, 4.69) is 15.3 Å². The summed E-state index contributed by atoms with van der Waals surface area (Å²) in [6.45, 7) is 4.63. The van der Waals surface area contributed by atoms with Crippen molar-refractivity contribution in [3.63, 3.8) is 0 Å². The number of aliphatic hydroxyl groups is 3. The third-order valence-electron chi connectivity index (χ3n) is 5.52. The number of nitrogens with one attached hydrogen (secondary N) is 1. The number of piperazine rings is 1. The van der Waals surface area contributed by atoms with Gasteiger partial charge in [-0.3, -0.25) is 4.90 Å². The average Bonchev–Trinajstić information content (AvgIpc) is 3.14. The van der Waals surface area contributed by atoms with E-state index < -0.39 is 24.4 Å². The minimum Gasteiger partial charge on any atom is -0.390 e. The fourth-order valence-electron chi connectivity index (χ4n) is 3.78. The SMILES string of the molecule is C[C@@H]1CN(C(O)Nc2nc3cc(F)ccc3s2)CCN1c1ncc([C@@H](O)[C@@H](C)O)cc1F. The van der Waals surface area contributed by atoms with Crippen LogP contribution >= 0.6 is 11.3 Å². The summed E-state index contributed by atoms with van der Waals surface area (Å²) in [6.07, 6.45) is -1.89. The lowest BCUT2D eigenvalue weighted by atomic mass is 10.1. The van der Waals surface area contributed by atoms with Crippen molar-refractivity contribution in [3.05, 3.63) is 47.7 Å². The highest BCUT2D eigenvalue weighted by atomic mass is 32.1. The molecular formula is C21H25F2N5O3S. The maximum atomic E-state index is 14.7. The van der Waals surface area contributed by atoms with Gasteiger partial charge in [-0.2, -0.15) is 0 Å². The largest absolute Gasteiger partial charge is 0.390 e. The van der Waals surface area contributed by atoms with Crippen LogP contribution in [-0.4, -0.2) is 68.3 Å². The van der Waals surface area contributed by atoms with Gasteiger partial charge >= 0.3 is 0 Å². The number of aliphatic hydroxyl groups excluding tert-OH is 3. The molecule has 1 aliphatic rings. The molecule has 0 radical (unpaired) electrons. The molecule has 1 aliphatic heterocycles. The van der Waals surface area contributed by atoms with Crippen molar-refractivity contribution >= 4 is 32.5 Å². The number of benzene rings is 1. The van der Waals surface area contributed by atoms with Gasteiger partial charge in [0.05, 0.1) is 16.3 Å². The van der Waals surface area contributed by atoms with E-state index in [0.717, 1.165) is 4.70 Å². The minimum atomic E-state index is -1.21. The van der Waals surface area contributed by atoms with Gasteiger partial charge in [0.15, 0.2) is 23.1 Å². The van der Waals surface area contributed by atoms with Crippen molar-refractivity contribution in [2.45, 2.75) is 38.4 Å². The number of pyridine rings is 1. The molecule has 0 amide bonds. The van der Waals surface area contributed by atoms with Crippen LogP contribution in [0.25, 0.3) is 10.2 Å². The highest BCUT2D eigenvalue weighted by Gasteiger charge is 2.30. The third kappa shape index (κ3) is 4.66. The summed E-state index contributed by atoms with van der Waals surface area (Å²) in [4.78, 5) is 12.1. The van der Waals surface area contributed by atoms with Crippen LogP contribution in [0.2, 0.25) is 0 Å². The van der Waals surface area contributed by atoms with Gasteiger partial charge in [-0.05, 0) is 32.0 Å². The molecule has 3 heterocycles. The second-order valence-corrected chi connectivity index (χ2v) is 8.98. The molecule has 0 spiro atoms. The van der Waals surface area contributed by atoms with Crippen LogP contribution in [0.15, 0.2) is 30.5 Å². The maximum Gasteiger partial charge on any atom is 0.186 e. The molecule has 172 valence electrons. The predicted molar refractivity (Wildman–Crippen MR) is 118 cm³/mol. The first-order valence-electron chi connectivity index (χ1n) is 10.3. The number of rotatable bonds is 6. The Labute approximate surface area is 187 Å². The van der Waals surface area contributed by atoms with E-state index in [0.29, 0.717) is 30.3 Å². The molecule has 2 aromatic heterocycles. The molecule has 32 heavy (non-hydrogen) atoms. The zero-order valence-electron chi connectivity index (χ0n) is 17.6. The molecule has 1 aromatic carbocycles. The van der Waals surface area contributed by atoms with Gasteiger partial charge in [-0.1, -0.05) is 11.3 Å². The number of anilines is 2. The van der Waals surface area contributed by atoms with Crippen LogP contribution in [0.4, 0.5) is 19.7 Å². The smallest absolute Gasteiger partial charge is 0.186 e. The Hall–Kier alpha value is -2.44. The molecule has 1 fully saturated rings. The molecular weight excluding hydrogens is 440 g/mol. The summed E-state index contributed by atoms with van der Waals surface area (Å²) in [5.74, 6) is -0.786. The van der Waals surface area contributed by atoms with Crippen molar-refractivity contribution in [1.29, 1.82) is 0 Å². The molecule has 1 saturated heterocycles. The van der Waals surface area contributed by atoms with Crippen molar-refractivity contribution in [2.24, 2.45) is 0 Å². The minimum absolute atomic E-state index is 0.154. The molecule has 0 bridgehead atoms. The Morgan fingerprint density at radius 1 is 1.19 bits per heavy atom. The maximum absolute atomic E-state index is 14.7. The fourth-order valence-corrected chi connectivity index (χ4v) is 4.65.